The molecule has 0 radical (unpaired) electrons. The van der Waals surface area contributed by atoms with Gasteiger partial charge < -0.3 is 4.90 Å². The zero-order valence-electron chi connectivity index (χ0n) is 12.7. The first kappa shape index (κ1) is 16.1. The van der Waals surface area contributed by atoms with Gasteiger partial charge in [-0.25, -0.2) is 18.1 Å². The van der Waals surface area contributed by atoms with Crippen LogP contribution in [0.2, 0.25) is 0 Å². The summed E-state index contributed by atoms with van der Waals surface area (Å²) < 4.78 is 24.9. The second-order valence-corrected chi connectivity index (χ2v) is 7.76. The normalized spacial score (nSPS) is 18.9. The second kappa shape index (κ2) is 6.41. The van der Waals surface area contributed by atoms with Crippen LogP contribution in [-0.4, -0.2) is 46.6 Å². The Morgan fingerprint density at radius 3 is 2.71 bits per heavy atom. The molecule has 0 unspecified atom stereocenters. The van der Waals surface area contributed by atoms with Crippen LogP contribution in [0.5, 0.6) is 0 Å². The van der Waals surface area contributed by atoms with Crippen molar-refractivity contribution in [2.24, 2.45) is 0 Å². The molecule has 1 aliphatic rings. The molecule has 8 nitrogen and oxygen atoms in total. The summed E-state index contributed by atoms with van der Waals surface area (Å²) in [4.78, 5) is 18.0. The summed E-state index contributed by atoms with van der Waals surface area (Å²) in [6, 6.07) is 10.4. The Balaban J connectivity index is 1.87. The van der Waals surface area contributed by atoms with Crippen molar-refractivity contribution in [3.8, 4) is 6.07 Å². The third kappa shape index (κ3) is 3.44. The van der Waals surface area contributed by atoms with E-state index in [0.717, 1.165) is 0 Å². The van der Waals surface area contributed by atoms with Crippen molar-refractivity contribution >= 4 is 21.4 Å². The van der Waals surface area contributed by atoms with Crippen LogP contribution in [0.3, 0.4) is 0 Å². The Morgan fingerprint density at radius 1 is 1.38 bits per heavy atom. The number of nitrogens with zero attached hydrogens (tertiary/aromatic N) is 5. The molecular weight excluding hydrogens is 330 g/mol. The van der Waals surface area contributed by atoms with E-state index in [4.69, 9.17) is 5.26 Å². The summed E-state index contributed by atoms with van der Waals surface area (Å²) in [6.07, 6.45) is 1.72. The van der Waals surface area contributed by atoms with Crippen LogP contribution >= 0.6 is 0 Å². The van der Waals surface area contributed by atoms with Gasteiger partial charge in [0.05, 0.1) is 17.5 Å². The number of sulfone groups is 1. The first-order chi connectivity index (χ1) is 11.5. The topological polar surface area (TPSA) is 109 Å². The first-order valence-corrected chi connectivity index (χ1v) is 9.18. The molecule has 1 amide bonds. The van der Waals surface area contributed by atoms with Gasteiger partial charge in [0.2, 0.25) is 5.91 Å². The van der Waals surface area contributed by atoms with Gasteiger partial charge in [-0.1, -0.05) is 18.2 Å². The predicted molar refractivity (Wildman–Crippen MR) is 85.7 cm³/mol. The van der Waals surface area contributed by atoms with Gasteiger partial charge in [0.1, 0.15) is 18.9 Å². The number of benzene rings is 1. The molecule has 9 heteroatoms. The van der Waals surface area contributed by atoms with Gasteiger partial charge in [-0.05, 0) is 18.6 Å². The third-order valence-electron chi connectivity index (χ3n) is 3.81. The molecule has 24 heavy (non-hydrogen) atoms. The molecule has 2 aromatic rings. The van der Waals surface area contributed by atoms with Gasteiger partial charge in [0.15, 0.2) is 9.84 Å². The number of rotatable bonds is 4. The number of amides is 1. The maximum absolute atomic E-state index is 12.8. The smallest absolute Gasteiger partial charge is 0.252 e. The summed E-state index contributed by atoms with van der Waals surface area (Å²) in [7, 11) is -3.13. The maximum Gasteiger partial charge on any atom is 0.252 e. The minimum absolute atomic E-state index is 0.0162. The van der Waals surface area contributed by atoms with Gasteiger partial charge in [0, 0.05) is 5.69 Å². The van der Waals surface area contributed by atoms with E-state index in [1.807, 2.05) is 6.07 Å². The van der Waals surface area contributed by atoms with Crippen molar-refractivity contribution in [2.45, 2.75) is 19.0 Å². The average Bonchev–Trinajstić information content (AvgIpc) is 3.15. The zero-order valence-corrected chi connectivity index (χ0v) is 13.6. The average molecular weight is 345 g/mol. The predicted octanol–water partition coefficient (Wildman–Crippen LogP) is 0.370. The molecule has 0 saturated carbocycles. The summed E-state index contributed by atoms with van der Waals surface area (Å²) >= 11 is 0. The fraction of sp³-hybridized carbons (Fsp3) is 0.333. The molecule has 1 aliphatic heterocycles. The molecule has 0 N–H and O–H groups in total. The fourth-order valence-corrected chi connectivity index (χ4v) is 4.46. The Morgan fingerprint density at radius 2 is 2.12 bits per heavy atom. The highest BCUT2D eigenvalue weighted by Crippen LogP contribution is 2.24. The number of para-hydroxylation sites is 1. The highest BCUT2D eigenvalue weighted by atomic mass is 32.2. The van der Waals surface area contributed by atoms with Gasteiger partial charge in [0.25, 0.3) is 5.82 Å². The maximum atomic E-state index is 12.8. The number of aromatic nitrogens is 3. The Bertz CT molecular complexity index is 885. The van der Waals surface area contributed by atoms with Crippen molar-refractivity contribution in [2.75, 3.05) is 16.4 Å². The number of hydrogen-bond donors (Lipinski definition) is 0. The van der Waals surface area contributed by atoms with Gasteiger partial charge in [-0.3, -0.25) is 4.79 Å². The van der Waals surface area contributed by atoms with Crippen LogP contribution in [0.15, 0.2) is 36.7 Å². The first-order valence-electron chi connectivity index (χ1n) is 7.35. The van der Waals surface area contributed by atoms with Gasteiger partial charge in [-0.2, -0.15) is 5.26 Å². The Labute approximate surface area is 139 Å². The lowest BCUT2D eigenvalue weighted by molar-refractivity contribution is -0.119. The van der Waals surface area contributed by atoms with Crippen molar-refractivity contribution < 1.29 is 13.2 Å². The molecule has 0 aliphatic carbocycles. The van der Waals surface area contributed by atoms with Crippen LogP contribution in [0, 0.1) is 11.3 Å². The molecule has 1 atom stereocenters. The molecule has 124 valence electrons. The van der Waals surface area contributed by atoms with Crippen LogP contribution in [0.4, 0.5) is 5.69 Å². The molecule has 1 saturated heterocycles. The third-order valence-corrected chi connectivity index (χ3v) is 5.56. The van der Waals surface area contributed by atoms with E-state index in [0.29, 0.717) is 12.1 Å². The van der Waals surface area contributed by atoms with E-state index in [1.54, 1.807) is 30.3 Å². The molecule has 0 spiro atoms. The molecule has 1 aromatic carbocycles. The van der Waals surface area contributed by atoms with Crippen molar-refractivity contribution in [3.63, 3.8) is 0 Å². The lowest BCUT2D eigenvalue weighted by Crippen LogP contribution is -2.43. The minimum atomic E-state index is -3.13. The summed E-state index contributed by atoms with van der Waals surface area (Å²) in [6.45, 7) is -0.111. The van der Waals surface area contributed by atoms with Crippen LogP contribution in [0.25, 0.3) is 0 Å². The Kier molecular flexibility index (Phi) is 4.31. The number of nitriles is 1. The zero-order chi connectivity index (χ0) is 17.2. The largest absolute Gasteiger partial charge is 0.307 e. The highest BCUT2D eigenvalue weighted by molar-refractivity contribution is 7.91. The molecular formula is C15H15N5O3S. The molecule has 0 bridgehead atoms. The van der Waals surface area contributed by atoms with E-state index in [2.05, 4.69) is 10.1 Å². The molecule has 2 heterocycles. The number of carbonyl (C=O) groups is 1. The van der Waals surface area contributed by atoms with Crippen LogP contribution < -0.4 is 4.90 Å². The van der Waals surface area contributed by atoms with Crippen LogP contribution in [0.1, 0.15) is 12.2 Å². The summed E-state index contributed by atoms with van der Waals surface area (Å²) in [5.41, 5.74) is 0.644. The quantitative estimate of drug-likeness (QED) is 0.792. The standard InChI is InChI=1S/C15H15N5O3S/c16-8-14-17-11-19(18-14)9-15(21)20(12-4-2-1-3-5-12)13-6-7-24(22,23)10-13/h1-5,11,13H,6-7,9-10H2/t13-/m1/s1. The second-order valence-electron chi connectivity index (χ2n) is 5.53. The van der Waals surface area contributed by atoms with E-state index in [9.17, 15) is 13.2 Å². The lowest BCUT2D eigenvalue weighted by Gasteiger charge is -2.28. The van der Waals surface area contributed by atoms with E-state index >= 15 is 0 Å². The Hall–Kier alpha value is -2.73. The number of anilines is 1. The van der Waals surface area contributed by atoms with E-state index in [-0.39, 0.29) is 29.8 Å². The van der Waals surface area contributed by atoms with E-state index < -0.39 is 15.9 Å². The molecule has 1 fully saturated rings. The molecule has 1 aromatic heterocycles. The minimum Gasteiger partial charge on any atom is -0.307 e. The van der Waals surface area contributed by atoms with Crippen molar-refractivity contribution in [3.05, 3.63) is 42.5 Å². The number of hydrogen-bond acceptors (Lipinski definition) is 6. The lowest BCUT2D eigenvalue weighted by atomic mass is 10.2. The fourth-order valence-electron chi connectivity index (χ4n) is 2.76. The number of carbonyl (C=O) groups excluding carboxylic acids is 1. The van der Waals surface area contributed by atoms with E-state index in [1.165, 1.54) is 15.9 Å². The SMILES string of the molecule is N#Cc1ncn(CC(=O)N(c2ccccc2)[C@@H]2CCS(=O)(=O)C2)n1. The summed E-state index contributed by atoms with van der Waals surface area (Å²) in [5, 5.41) is 12.6. The van der Waals surface area contributed by atoms with Gasteiger partial charge >= 0.3 is 0 Å². The van der Waals surface area contributed by atoms with Gasteiger partial charge in [-0.15, -0.1) is 5.10 Å². The highest BCUT2D eigenvalue weighted by Gasteiger charge is 2.35. The summed E-state index contributed by atoms with van der Waals surface area (Å²) in [5.74, 6) is -0.278. The van der Waals surface area contributed by atoms with Crippen LogP contribution in [-0.2, 0) is 21.2 Å². The van der Waals surface area contributed by atoms with Crippen molar-refractivity contribution in [1.82, 2.24) is 14.8 Å². The molecule has 3 rings (SSSR count). The monoisotopic (exact) mass is 345 g/mol. The van der Waals surface area contributed by atoms with Crippen molar-refractivity contribution in [1.29, 1.82) is 5.26 Å².